The number of aryl methyl sites for hydroxylation is 1. The number of nitrogens with zero attached hydrogens (tertiary/aromatic N) is 1. The molecule has 0 unspecified atom stereocenters. The summed E-state index contributed by atoms with van der Waals surface area (Å²) in [5, 5.41) is 0. The van der Waals surface area contributed by atoms with Gasteiger partial charge in [-0.25, -0.2) is 0 Å². The van der Waals surface area contributed by atoms with Gasteiger partial charge in [-0.3, -0.25) is 4.48 Å². The third kappa shape index (κ3) is 8.25. The van der Waals surface area contributed by atoms with Gasteiger partial charge < -0.3 is 0 Å². The Bertz CT molecular complexity index is 447. The summed E-state index contributed by atoms with van der Waals surface area (Å²) in [6.45, 7) is 13.0. The maximum absolute atomic E-state index is 2.36. The van der Waals surface area contributed by atoms with E-state index in [0.29, 0.717) is 0 Å². The monoisotopic (exact) mass is 360 g/mol. The fraction of sp³-hybridized carbons (Fsp3) is 0.760. The standard InChI is InChI=1S/C25H46N/c1-5-8-9-10-11-12-13-14-15-16-17-20-23-26(6-2,7-3)25-22-19-18-21-24(25)4/h18-19,21-22H,5-17,20,23H2,1-4H3/q+1. The Balaban J connectivity index is 2.18. The first-order valence-corrected chi connectivity index (χ1v) is 11.6. The van der Waals surface area contributed by atoms with Crippen LogP contribution in [-0.4, -0.2) is 19.6 Å². The van der Waals surface area contributed by atoms with E-state index in [-0.39, 0.29) is 0 Å². The van der Waals surface area contributed by atoms with Crippen molar-refractivity contribution in [1.29, 1.82) is 0 Å². The van der Waals surface area contributed by atoms with Crippen LogP contribution in [-0.2, 0) is 0 Å². The molecule has 0 bridgehead atoms. The number of hydrogen-bond donors (Lipinski definition) is 0. The molecule has 0 aromatic heterocycles. The Morgan fingerprint density at radius 1 is 0.615 bits per heavy atom. The van der Waals surface area contributed by atoms with Gasteiger partial charge in [0.2, 0.25) is 0 Å². The Hall–Kier alpha value is -0.820. The van der Waals surface area contributed by atoms with Gasteiger partial charge in [0.05, 0.1) is 19.6 Å². The molecule has 1 heteroatoms. The minimum absolute atomic E-state index is 1.16. The quantitative estimate of drug-likeness (QED) is 0.207. The number of hydrogen-bond acceptors (Lipinski definition) is 0. The van der Waals surface area contributed by atoms with Crippen molar-refractivity contribution in [3.8, 4) is 0 Å². The summed E-state index contributed by atoms with van der Waals surface area (Å²) >= 11 is 0. The van der Waals surface area contributed by atoms with Crippen molar-refractivity contribution in [2.45, 2.75) is 105 Å². The third-order valence-corrected chi connectivity index (χ3v) is 6.28. The highest BCUT2D eigenvalue weighted by Crippen LogP contribution is 2.27. The first-order valence-electron chi connectivity index (χ1n) is 11.6. The van der Waals surface area contributed by atoms with Crippen molar-refractivity contribution in [2.24, 2.45) is 0 Å². The molecule has 150 valence electrons. The second-order valence-electron chi connectivity index (χ2n) is 8.18. The number of rotatable bonds is 16. The van der Waals surface area contributed by atoms with Crippen LogP contribution in [0, 0.1) is 6.92 Å². The zero-order chi connectivity index (χ0) is 19.1. The van der Waals surface area contributed by atoms with Crippen LogP contribution in [0.2, 0.25) is 0 Å². The summed E-state index contributed by atoms with van der Waals surface area (Å²) in [6.07, 6.45) is 17.2. The summed E-state index contributed by atoms with van der Waals surface area (Å²) in [5.74, 6) is 0. The van der Waals surface area contributed by atoms with Crippen LogP contribution >= 0.6 is 0 Å². The first kappa shape index (κ1) is 23.2. The van der Waals surface area contributed by atoms with Gasteiger partial charge in [0.25, 0.3) is 0 Å². The lowest BCUT2D eigenvalue weighted by Gasteiger charge is -2.37. The highest BCUT2D eigenvalue weighted by Gasteiger charge is 2.27. The van der Waals surface area contributed by atoms with Crippen LogP contribution in [0.25, 0.3) is 0 Å². The second kappa shape index (κ2) is 14.3. The predicted molar refractivity (Wildman–Crippen MR) is 120 cm³/mol. The average Bonchev–Trinajstić information content (AvgIpc) is 2.67. The molecule has 0 saturated heterocycles. The molecule has 1 nitrogen and oxygen atoms in total. The van der Waals surface area contributed by atoms with E-state index in [4.69, 9.17) is 0 Å². The average molecular weight is 361 g/mol. The molecule has 0 N–H and O–H groups in total. The number of unbranched alkanes of at least 4 members (excludes halogenated alkanes) is 11. The smallest absolute Gasteiger partial charge is 0.135 e. The number of quaternary nitrogens is 1. The Morgan fingerprint density at radius 3 is 1.54 bits per heavy atom. The fourth-order valence-corrected chi connectivity index (χ4v) is 4.35. The minimum Gasteiger partial charge on any atom is -0.291 e. The first-order chi connectivity index (χ1) is 12.7. The highest BCUT2D eigenvalue weighted by atomic mass is 15.3. The van der Waals surface area contributed by atoms with E-state index in [0.717, 1.165) is 4.48 Å². The molecule has 0 heterocycles. The van der Waals surface area contributed by atoms with Crippen molar-refractivity contribution in [1.82, 2.24) is 4.48 Å². The van der Waals surface area contributed by atoms with Gasteiger partial charge in [0.1, 0.15) is 5.69 Å². The Kier molecular flexibility index (Phi) is 12.7. The van der Waals surface area contributed by atoms with E-state index >= 15 is 0 Å². The van der Waals surface area contributed by atoms with E-state index in [9.17, 15) is 0 Å². The molecule has 0 aliphatic carbocycles. The molecule has 1 rings (SSSR count). The third-order valence-electron chi connectivity index (χ3n) is 6.28. The fourth-order valence-electron chi connectivity index (χ4n) is 4.35. The van der Waals surface area contributed by atoms with E-state index in [1.807, 2.05) is 0 Å². The highest BCUT2D eigenvalue weighted by molar-refractivity contribution is 5.49. The van der Waals surface area contributed by atoms with Crippen LogP contribution in [0.4, 0.5) is 5.69 Å². The molecular weight excluding hydrogens is 314 g/mol. The van der Waals surface area contributed by atoms with Gasteiger partial charge in [-0.05, 0) is 39.7 Å². The molecule has 0 atom stereocenters. The van der Waals surface area contributed by atoms with Crippen molar-refractivity contribution in [3.05, 3.63) is 29.8 Å². The zero-order valence-corrected chi connectivity index (χ0v) is 18.4. The predicted octanol–water partition coefficient (Wildman–Crippen LogP) is 8.04. The lowest BCUT2D eigenvalue weighted by atomic mass is 10.0. The number of para-hydroxylation sites is 1. The SMILES string of the molecule is CCCCCCCCCCCCCC[N+](CC)(CC)c1ccccc1C. The topological polar surface area (TPSA) is 0 Å². The van der Waals surface area contributed by atoms with Gasteiger partial charge in [0, 0.05) is 5.56 Å². The van der Waals surface area contributed by atoms with E-state index in [1.54, 1.807) is 5.69 Å². The lowest BCUT2D eigenvalue weighted by molar-refractivity contribution is 0.290. The summed E-state index contributed by atoms with van der Waals surface area (Å²) in [6, 6.07) is 9.00. The minimum atomic E-state index is 1.16. The number of benzene rings is 1. The summed E-state index contributed by atoms with van der Waals surface area (Å²) in [4.78, 5) is 0. The summed E-state index contributed by atoms with van der Waals surface area (Å²) in [7, 11) is 0. The maximum Gasteiger partial charge on any atom is 0.135 e. The largest absolute Gasteiger partial charge is 0.291 e. The Morgan fingerprint density at radius 2 is 1.08 bits per heavy atom. The molecule has 0 aliphatic rings. The molecule has 0 amide bonds. The molecule has 1 aromatic carbocycles. The van der Waals surface area contributed by atoms with Gasteiger partial charge in [0.15, 0.2) is 0 Å². The maximum atomic E-state index is 2.36. The van der Waals surface area contributed by atoms with Crippen LogP contribution in [0.3, 0.4) is 0 Å². The molecule has 0 aliphatic heterocycles. The second-order valence-corrected chi connectivity index (χ2v) is 8.18. The molecule has 0 spiro atoms. The van der Waals surface area contributed by atoms with E-state index in [2.05, 4.69) is 52.0 Å². The molecule has 0 saturated carbocycles. The molecular formula is C25H46N+. The van der Waals surface area contributed by atoms with Crippen LogP contribution in [0.15, 0.2) is 24.3 Å². The van der Waals surface area contributed by atoms with Crippen molar-refractivity contribution < 1.29 is 0 Å². The van der Waals surface area contributed by atoms with E-state index < -0.39 is 0 Å². The van der Waals surface area contributed by atoms with Gasteiger partial charge in [-0.15, -0.1) is 0 Å². The lowest BCUT2D eigenvalue weighted by Crippen LogP contribution is -2.50. The zero-order valence-electron chi connectivity index (χ0n) is 18.4. The summed E-state index contributed by atoms with van der Waals surface area (Å²) < 4.78 is 1.16. The van der Waals surface area contributed by atoms with Crippen molar-refractivity contribution >= 4 is 5.69 Å². The normalized spacial score (nSPS) is 11.8. The van der Waals surface area contributed by atoms with Gasteiger partial charge in [-0.1, -0.05) is 89.3 Å². The van der Waals surface area contributed by atoms with Crippen LogP contribution in [0.1, 0.15) is 103 Å². The molecule has 26 heavy (non-hydrogen) atoms. The van der Waals surface area contributed by atoms with Crippen molar-refractivity contribution in [3.63, 3.8) is 0 Å². The molecule has 0 radical (unpaired) electrons. The van der Waals surface area contributed by atoms with Gasteiger partial charge >= 0.3 is 0 Å². The van der Waals surface area contributed by atoms with Crippen LogP contribution < -0.4 is 4.48 Å². The Labute approximate surface area is 164 Å². The van der Waals surface area contributed by atoms with Crippen molar-refractivity contribution in [2.75, 3.05) is 19.6 Å². The van der Waals surface area contributed by atoms with Crippen LogP contribution in [0.5, 0.6) is 0 Å². The van der Waals surface area contributed by atoms with E-state index in [1.165, 1.54) is 102 Å². The molecule has 0 fully saturated rings. The molecule has 1 aromatic rings. The van der Waals surface area contributed by atoms with Gasteiger partial charge in [-0.2, -0.15) is 0 Å². The summed E-state index contributed by atoms with van der Waals surface area (Å²) in [5.41, 5.74) is 3.00.